The molecule has 0 aliphatic rings. The van der Waals surface area contributed by atoms with Crippen LogP contribution in [0, 0.1) is 0 Å². The van der Waals surface area contributed by atoms with Gasteiger partial charge in [0, 0.05) is 18.8 Å². The first-order chi connectivity index (χ1) is 15.3. The highest BCUT2D eigenvalue weighted by atomic mass is 15.2. The molecule has 0 saturated heterocycles. The van der Waals surface area contributed by atoms with Crippen molar-refractivity contribution in [1.29, 1.82) is 0 Å². The largest absolute Gasteiger partial charge is 0.319 e. The Morgan fingerprint density at radius 1 is 0.677 bits per heavy atom. The normalized spacial score (nSPS) is 12.5. The van der Waals surface area contributed by atoms with Gasteiger partial charge in [0.05, 0.1) is 6.17 Å². The number of nitrogens with zero attached hydrogens (tertiary/aromatic N) is 2. The average Bonchev–Trinajstić information content (AvgIpc) is 3.25. The summed E-state index contributed by atoms with van der Waals surface area (Å²) in [7, 11) is 0. The molecule has 1 heterocycles. The van der Waals surface area contributed by atoms with E-state index < -0.39 is 0 Å². The van der Waals surface area contributed by atoms with Crippen molar-refractivity contribution in [2.24, 2.45) is 0 Å². The molecule has 0 fully saturated rings. The lowest BCUT2D eigenvalue weighted by Crippen LogP contribution is -2.26. The van der Waals surface area contributed by atoms with E-state index in [0.717, 1.165) is 13.0 Å². The molecule has 1 rings (SSSR count). The molecule has 0 amide bonds. The van der Waals surface area contributed by atoms with E-state index in [0.29, 0.717) is 6.17 Å². The van der Waals surface area contributed by atoms with Gasteiger partial charge in [-0.25, -0.2) is 4.98 Å². The fourth-order valence-electron chi connectivity index (χ4n) is 4.51. The van der Waals surface area contributed by atoms with Crippen molar-refractivity contribution in [3.8, 4) is 0 Å². The van der Waals surface area contributed by atoms with E-state index in [1.807, 2.05) is 6.20 Å². The average molecular weight is 434 g/mol. The maximum atomic E-state index is 4.63. The monoisotopic (exact) mass is 433 g/mol. The van der Waals surface area contributed by atoms with E-state index in [1.54, 1.807) is 0 Å². The van der Waals surface area contributed by atoms with E-state index in [2.05, 4.69) is 41.8 Å². The van der Waals surface area contributed by atoms with Crippen molar-refractivity contribution >= 4 is 0 Å². The number of unbranched alkanes of at least 4 members (excludes halogenated alkanes) is 17. The zero-order valence-electron chi connectivity index (χ0n) is 21.5. The first-order valence-corrected chi connectivity index (χ1v) is 14.0. The van der Waals surface area contributed by atoms with Crippen LogP contribution in [0.2, 0.25) is 0 Å². The maximum absolute atomic E-state index is 4.63. The van der Waals surface area contributed by atoms with Crippen LogP contribution in [-0.4, -0.2) is 16.1 Å². The summed E-state index contributed by atoms with van der Waals surface area (Å²) >= 11 is 0. The lowest BCUT2D eigenvalue weighted by Gasteiger charge is -2.18. The first kappa shape index (κ1) is 28.2. The fourth-order valence-corrected chi connectivity index (χ4v) is 4.51. The second kappa shape index (κ2) is 21.0. The van der Waals surface area contributed by atoms with E-state index >= 15 is 0 Å². The van der Waals surface area contributed by atoms with Gasteiger partial charge in [0.15, 0.2) is 0 Å². The maximum Gasteiger partial charge on any atom is 0.109 e. The minimum absolute atomic E-state index is 0.356. The molecule has 31 heavy (non-hydrogen) atoms. The standard InChI is InChI=1S/C28H55N3/c1-4-6-8-10-12-14-16-18-20-22-24-29-27(3)31-26-25-30-28(31)23-21-19-17-15-13-11-9-7-5-2/h25-27,29H,4-24H2,1-3H3. The number of imidazole rings is 1. The molecule has 0 aliphatic heterocycles. The van der Waals surface area contributed by atoms with Gasteiger partial charge in [-0.15, -0.1) is 0 Å². The summed E-state index contributed by atoms with van der Waals surface area (Å²) in [5.74, 6) is 1.26. The summed E-state index contributed by atoms with van der Waals surface area (Å²) in [6, 6.07) is 0. The van der Waals surface area contributed by atoms with E-state index in [9.17, 15) is 0 Å². The van der Waals surface area contributed by atoms with Gasteiger partial charge in [-0.2, -0.15) is 0 Å². The molecule has 0 bridgehead atoms. The van der Waals surface area contributed by atoms with Crippen LogP contribution in [-0.2, 0) is 6.42 Å². The summed E-state index contributed by atoms with van der Waals surface area (Å²) in [6.45, 7) is 7.98. The Balaban J connectivity index is 2.01. The van der Waals surface area contributed by atoms with Gasteiger partial charge in [0.2, 0.25) is 0 Å². The van der Waals surface area contributed by atoms with Gasteiger partial charge in [0.25, 0.3) is 0 Å². The van der Waals surface area contributed by atoms with Crippen molar-refractivity contribution in [3.05, 3.63) is 18.2 Å². The van der Waals surface area contributed by atoms with Crippen LogP contribution in [0.3, 0.4) is 0 Å². The van der Waals surface area contributed by atoms with Crippen LogP contribution >= 0.6 is 0 Å². The van der Waals surface area contributed by atoms with Crippen molar-refractivity contribution in [2.75, 3.05) is 6.54 Å². The summed E-state index contributed by atoms with van der Waals surface area (Å²) in [4.78, 5) is 4.63. The second-order valence-electron chi connectivity index (χ2n) is 9.64. The number of hydrogen-bond donors (Lipinski definition) is 1. The molecule has 0 saturated carbocycles. The molecule has 1 atom stereocenters. The molecule has 182 valence electrons. The fraction of sp³-hybridized carbons (Fsp3) is 0.893. The molecule has 1 N–H and O–H groups in total. The number of rotatable bonds is 23. The van der Waals surface area contributed by atoms with Gasteiger partial charge in [0.1, 0.15) is 5.82 Å². The van der Waals surface area contributed by atoms with Crippen LogP contribution in [0.1, 0.15) is 155 Å². The quantitative estimate of drug-likeness (QED) is 0.174. The number of nitrogens with one attached hydrogen (secondary N) is 1. The number of aryl methyl sites for hydroxylation is 1. The van der Waals surface area contributed by atoms with Crippen LogP contribution in [0.5, 0.6) is 0 Å². The SMILES string of the molecule is CCCCCCCCCCCCNC(C)n1ccnc1CCCCCCCCCCC. The third kappa shape index (κ3) is 15.6. The molecular weight excluding hydrogens is 378 g/mol. The second-order valence-corrected chi connectivity index (χ2v) is 9.64. The summed E-state index contributed by atoms with van der Waals surface area (Å²) in [5, 5.41) is 3.71. The number of aromatic nitrogens is 2. The van der Waals surface area contributed by atoms with Crippen molar-refractivity contribution in [1.82, 2.24) is 14.9 Å². The zero-order chi connectivity index (χ0) is 22.4. The Labute approximate surface area is 195 Å². The Morgan fingerprint density at radius 3 is 1.65 bits per heavy atom. The van der Waals surface area contributed by atoms with Crippen LogP contribution in [0.25, 0.3) is 0 Å². The molecule has 0 spiro atoms. The molecule has 1 aromatic heterocycles. The molecule has 3 nitrogen and oxygen atoms in total. The van der Waals surface area contributed by atoms with E-state index in [1.165, 1.54) is 128 Å². The third-order valence-electron chi connectivity index (χ3n) is 6.64. The predicted octanol–water partition coefficient (Wildman–Crippen LogP) is 8.99. The first-order valence-electron chi connectivity index (χ1n) is 14.0. The van der Waals surface area contributed by atoms with Gasteiger partial charge in [-0.1, -0.05) is 123 Å². The summed E-state index contributed by atoms with van der Waals surface area (Å²) in [5.41, 5.74) is 0. The van der Waals surface area contributed by atoms with Crippen LogP contribution < -0.4 is 5.32 Å². The van der Waals surface area contributed by atoms with E-state index in [4.69, 9.17) is 0 Å². The Hall–Kier alpha value is -0.830. The molecule has 0 radical (unpaired) electrons. The molecular formula is C28H55N3. The Kier molecular flexibility index (Phi) is 19.1. The van der Waals surface area contributed by atoms with Gasteiger partial charge in [-0.05, 0) is 26.3 Å². The Morgan fingerprint density at radius 2 is 1.13 bits per heavy atom. The summed E-state index contributed by atoms with van der Waals surface area (Å²) < 4.78 is 2.35. The molecule has 1 unspecified atom stereocenters. The highest BCUT2D eigenvalue weighted by Crippen LogP contribution is 2.14. The smallest absolute Gasteiger partial charge is 0.109 e. The van der Waals surface area contributed by atoms with Crippen molar-refractivity contribution < 1.29 is 0 Å². The summed E-state index contributed by atoms with van der Waals surface area (Å²) in [6.07, 6.45) is 32.1. The zero-order valence-corrected chi connectivity index (χ0v) is 21.5. The van der Waals surface area contributed by atoms with Gasteiger partial charge < -0.3 is 4.57 Å². The molecule has 3 heteroatoms. The minimum Gasteiger partial charge on any atom is -0.319 e. The van der Waals surface area contributed by atoms with Crippen molar-refractivity contribution in [3.63, 3.8) is 0 Å². The highest BCUT2D eigenvalue weighted by molar-refractivity contribution is 4.94. The lowest BCUT2D eigenvalue weighted by molar-refractivity contribution is 0.412. The molecule has 0 aromatic carbocycles. The Bertz CT molecular complexity index is 482. The van der Waals surface area contributed by atoms with Crippen molar-refractivity contribution in [2.45, 2.75) is 155 Å². The molecule has 1 aromatic rings. The van der Waals surface area contributed by atoms with Gasteiger partial charge in [-0.3, -0.25) is 5.32 Å². The topological polar surface area (TPSA) is 29.9 Å². The third-order valence-corrected chi connectivity index (χ3v) is 6.64. The van der Waals surface area contributed by atoms with Crippen LogP contribution in [0.4, 0.5) is 0 Å². The van der Waals surface area contributed by atoms with Gasteiger partial charge >= 0.3 is 0 Å². The molecule has 0 aliphatic carbocycles. The highest BCUT2D eigenvalue weighted by Gasteiger charge is 2.09. The number of hydrogen-bond acceptors (Lipinski definition) is 2. The van der Waals surface area contributed by atoms with E-state index in [-0.39, 0.29) is 0 Å². The predicted molar refractivity (Wildman–Crippen MR) is 138 cm³/mol. The van der Waals surface area contributed by atoms with Crippen LogP contribution in [0.15, 0.2) is 12.4 Å². The minimum atomic E-state index is 0.356. The lowest BCUT2D eigenvalue weighted by atomic mass is 10.1.